The van der Waals surface area contributed by atoms with Crippen molar-refractivity contribution in [1.82, 2.24) is 0 Å². The van der Waals surface area contributed by atoms with Gasteiger partial charge in [-0.1, -0.05) is 5.16 Å². The summed E-state index contributed by atoms with van der Waals surface area (Å²) >= 11 is 0. The number of carbonyl (C=O) groups excluding carboxylic acids is 6. The number of hydrogen-bond acceptors (Lipinski definition) is 14. The Morgan fingerprint density at radius 3 is 1.89 bits per heavy atom. The summed E-state index contributed by atoms with van der Waals surface area (Å²) < 4.78 is 31.9. The van der Waals surface area contributed by atoms with E-state index < -0.39 is 73.1 Å². The van der Waals surface area contributed by atoms with E-state index in [0.29, 0.717) is 12.9 Å². The van der Waals surface area contributed by atoms with Gasteiger partial charge in [0.1, 0.15) is 12.9 Å². The van der Waals surface area contributed by atoms with Gasteiger partial charge >= 0.3 is 29.8 Å². The van der Waals surface area contributed by atoms with E-state index in [1.165, 1.54) is 0 Å². The molecule has 14 nitrogen and oxygen atoms in total. The maximum atomic E-state index is 12.1. The predicted octanol–water partition coefficient (Wildman–Crippen LogP) is 0.620. The molecule has 0 amide bonds. The van der Waals surface area contributed by atoms with Gasteiger partial charge in [0.25, 0.3) is 0 Å². The van der Waals surface area contributed by atoms with Gasteiger partial charge in [-0.15, -0.1) is 0 Å². The lowest BCUT2D eigenvalue weighted by molar-refractivity contribution is -0.205. The zero-order valence-corrected chi connectivity index (χ0v) is 21.6. The number of hydrogen-bond donors (Lipinski definition) is 0. The van der Waals surface area contributed by atoms with Gasteiger partial charge in [-0.3, -0.25) is 24.0 Å². The molecule has 37 heavy (non-hydrogen) atoms. The molecule has 0 saturated heterocycles. The highest BCUT2D eigenvalue weighted by Crippen LogP contribution is 2.30. The van der Waals surface area contributed by atoms with Crippen LogP contribution in [0.2, 0.25) is 0 Å². The monoisotopic (exact) mass is 531 g/mol. The summed E-state index contributed by atoms with van der Waals surface area (Å²) in [7, 11) is 0. The van der Waals surface area contributed by atoms with Crippen molar-refractivity contribution in [3.63, 3.8) is 0 Å². The van der Waals surface area contributed by atoms with Crippen molar-refractivity contribution >= 4 is 41.8 Å². The summed E-state index contributed by atoms with van der Waals surface area (Å²) in [5.74, 6) is -5.19. The molecular weight excluding hydrogens is 498 g/mol. The van der Waals surface area contributed by atoms with Gasteiger partial charge in [-0.2, -0.15) is 0 Å². The van der Waals surface area contributed by atoms with Crippen LogP contribution < -0.4 is 0 Å². The van der Waals surface area contributed by atoms with Crippen LogP contribution in [-0.2, 0) is 62.0 Å². The zero-order valence-electron chi connectivity index (χ0n) is 21.6. The predicted molar refractivity (Wildman–Crippen MR) is 122 cm³/mol. The van der Waals surface area contributed by atoms with Crippen molar-refractivity contribution in [3.8, 4) is 0 Å². The molecule has 0 aromatic rings. The Labute approximate surface area is 213 Å². The van der Waals surface area contributed by atoms with Crippen LogP contribution in [0, 0.1) is 5.92 Å². The minimum atomic E-state index is -1.64. The number of carbonyl (C=O) groups is 6. The SMILES string of the molecule is CCO[C@H]1CC([C@H](CC=O)[C@H](OC(C)=O)[C@@H](OC(C)=O)[C@@H](OC(C)=O)[C@@H](COC(C)=O)OC(C)=O)=NO1. The first kappa shape index (κ1) is 31.5. The van der Waals surface area contributed by atoms with Gasteiger partial charge in [-0.05, 0) is 6.92 Å². The Kier molecular flexibility index (Phi) is 13.2. The number of oxime groups is 1. The topological polar surface area (TPSA) is 179 Å². The van der Waals surface area contributed by atoms with Gasteiger partial charge in [0.05, 0.1) is 12.1 Å². The van der Waals surface area contributed by atoms with Crippen molar-refractivity contribution in [2.24, 2.45) is 11.1 Å². The summed E-state index contributed by atoms with van der Waals surface area (Å²) in [6, 6.07) is 0. The number of nitrogens with zero attached hydrogens (tertiary/aromatic N) is 1. The summed E-state index contributed by atoms with van der Waals surface area (Å²) in [5, 5.41) is 3.96. The van der Waals surface area contributed by atoms with Crippen LogP contribution in [0.3, 0.4) is 0 Å². The fourth-order valence-corrected chi connectivity index (χ4v) is 3.67. The smallest absolute Gasteiger partial charge is 0.303 e. The summed E-state index contributed by atoms with van der Waals surface area (Å²) in [6.45, 7) is 6.79. The lowest BCUT2D eigenvalue weighted by Crippen LogP contribution is -2.56. The third kappa shape index (κ3) is 10.9. The number of aldehydes is 1. The van der Waals surface area contributed by atoms with Crippen LogP contribution in [-0.4, -0.2) is 85.8 Å². The minimum Gasteiger partial charge on any atom is -0.462 e. The van der Waals surface area contributed by atoms with E-state index in [2.05, 4.69) is 5.16 Å². The van der Waals surface area contributed by atoms with E-state index in [9.17, 15) is 28.8 Å². The van der Waals surface area contributed by atoms with Crippen LogP contribution in [0.5, 0.6) is 0 Å². The van der Waals surface area contributed by atoms with Crippen molar-refractivity contribution < 1.29 is 62.0 Å². The third-order valence-electron chi connectivity index (χ3n) is 4.88. The molecule has 1 rings (SSSR count). The van der Waals surface area contributed by atoms with Gasteiger partial charge in [0.2, 0.25) is 6.29 Å². The molecule has 1 heterocycles. The lowest BCUT2D eigenvalue weighted by Gasteiger charge is -2.37. The fourth-order valence-electron chi connectivity index (χ4n) is 3.67. The maximum absolute atomic E-state index is 12.1. The van der Waals surface area contributed by atoms with E-state index in [1.807, 2.05) is 0 Å². The fraction of sp³-hybridized carbons (Fsp3) is 0.696. The second kappa shape index (κ2) is 15.5. The zero-order chi connectivity index (χ0) is 28.1. The molecular formula is C23H33NO13. The van der Waals surface area contributed by atoms with Gasteiger partial charge in [0.15, 0.2) is 24.4 Å². The molecule has 0 spiro atoms. The first-order valence-electron chi connectivity index (χ1n) is 11.5. The van der Waals surface area contributed by atoms with E-state index >= 15 is 0 Å². The normalized spacial score (nSPS) is 18.5. The molecule has 0 aliphatic carbocycles. The van der Waals surface area contributed by atoms with Crippen LogP contribution >= 0.6 is 0 Å². The van der Waals surface area contributed by atoms with Crippen LogP contribution in [0.1, 0.15) is 54.4 Å². The van der Waals surface area contributed by atoms with Gasteiger partial charge < -0.3 is 38.1 Å². The quantitative estimate of drug-likeness (QED) is 0.163. The molecule has 0 bridgehead atoms. The molecule has 0 unspecified atom stereocenters. The average molecular weight is 532 g/mol. The summed E-state index contributed by atoms with van der Waals surface area (Å²) in [6.07, 6.45) is -6.64. The standard InChI is InChI=1S/C23H33NO13/c1-7-31-20-10-18(24-37-20)17(8-9-25)21(34-14(4)28)23(36-16(6)30)22(35-15(5)29)19(33-13(3)27)11-32-12(2)26/h9,17,19-23H,7-8,10-11H2,1-6H3/t17-,19+,20+,21-,22-,23+/m0/s1. The first-order chi connectivity index (χ1) is 17.4. The van der Waals surface area contributed by atoms with E-state index in [-0.39, 0.29) is 18.6 Å². The Bertz CT molecular complexity index is 871. The molecule has 0 N–H and O–H groups in total. The molecule has 0 aromatic heterocycles. The van der Waals surface area contributed by atoms with Gasteiger partial charge in [0, 0.05) is 53.6 Å². The first-order valence-corrected chi connectivity index (χ1v) is 11.5. The maximum Gasteiger partial charge on any atom is 0.303 e. The van der Waals surface area contributed by atoms with E-state index in [0.717, 1.165) is 34.6 Å². The number of rotatable bonds is 15. The molecule has 1 aliphatic rings. The molecule has 14 heteroatoms. The molecule has 0 fully saturated rings. The van der Waals surface area contributed by atoms with Crippen LogP contribution in [0.4, 0.5) is 0 Å². The Morgan fingerprint density at radius 2 is 1.41 bits per heavy atom. The molecule has 0 aromatic carbocycles. The summed E-state index contributed by atoms with van der Waals surface area (Å²) in [5.41, 5.74) is 0.250. The molecule has 208 valence electrons. The van der Waals surface area contributed by atoms with Crippen molar-refractivity contribution in [1.29, 1.82) is 0 Å². The summed E-state index contributed by atoms with van der Waals surface area (Å²) in [4.78, 5) is 76.5. The minimum absolute atomic E-state index is 0.0932. The van der Waals surface area contributed by atoms with Crippen LogP contribution in [0.25, 0.3) is 0 Å². The van der Waals surface area contributed by atoms with E-state index in [4.69, 9.17) is 33.3 Å². The molecule has 0 radical (unpaired) electrons. The van der Waals surface area contributed by atoms with Gasteiger partial charge in [-0.25, -0.2) is 0 Å². The number of ether oxygens (including phenoxy) is 6. The Balaban J connectivity index is 3.63. The van der Waals surface area contributed by atoms with Crippen molar-refractivity contribution in [3.05, 3.63) is 0 Å². The third-order valence-corrected chi connectivity index (χ3v) is 4.88. The molecule has 0 saturated carbocycles. The van der Waals surface area contributed by atoms with Crippen molar-refractivity contribution in [2.75, 3.05) is 13.2 Å². The average Bonchev–Trinajstić information content (AvgIpc) is 3.24. The number of esters is 5. The highest BCUT2D eigenvalue weighted by Gasteiger charge is 2.48. The second-order valence-corrected chi connectivity index (χ2v) is 7.96. The molecule has 1 aliphatic heterocycles. The Hall–Kier alpha value is -3.55. The van der Waals surface area contributed by atoms with E-state index in [1.54, 1.807) is 6.92 Å². The molecule has 6 atom stereocenters. The largest absolute Gasteiger partial charge is 0.462 e. The second-order valence-electron chi connectivity index (χ2n) is 7.96. The highest BCUT2D eigenvalue weighted by molar-refractivity contribution is 5.90. The van der Waals surface area contributed by atoms with Crippen molar-refractivity contribution in [2.45, 2.75) is 85.1 Å². The highest BCUT2D eigenvalue weighted by atomic mass is 16.8. The Morgan fingerprint density at radius 1 is 0.865 bits per heavy atom. The lowest BCUT2D eigenvalue weighted by atomic mass is 9.85. The van der Waals surface area contributed by atoms with Crippen LogP contribution in [0.15, 0.2) is 5.16 Å².